The monoisotopic (exact) mass is 450 g/mol. The molecule has 1 saturated heterocycles. The zero-order valence-corrected chi connectivity index (χ0v) is 19.0. The highest BCUT2D eigenvalue weighted by Gasteiger charge is 2.28. The van der Waals surface area contributed by atoms with Crippen molar-refractivity contribution in [3.05, 3.63) is 60.9 Å². The summed E-state index contributed by atoms with van der Waals surface area (Å²) in [6.45, 7) is 1.43. The van der Waals surface area contributed by atoms with Crippen molar-refractivity contribution >= 4 is 29.2 Å². The second-order valence-electron chi connectivity index (χ2n) is 7.44. The number of carbonyl (C=O) groups excluding carboxylic acids is 1. The molecule has 1 aliphatic rings. The maximum absolute atomic E-state index is 13.1. The summed E-state index contributed by atoms with van der Waals surface area (Å²) in [5.41, 5.74) is 0.634. The molecule has 0 aliphatic carbocycles. The van der Waals surface area contributed by atoms with E-state index in [4.69, 9.17) is 9.47 Å². The van der Waals surface area contributed by atoms with Crippen molar-refractivity contribution < 1.29 is 14.3 Å². The fourth-order valence-corrected chi connectivity index (χ4v) is 4.63. The van der Waals surface area contributed by atoms with Crippen molar-refractivity contribution in [1.82, 2.24) is 9.97 Å². The number of amides is 1. The maximum Gasteiger partial charge on any atom is 0.229 e. The summed E-state index contributed by atoms with van der Waals surface area (Å²) in [6, 6.07) is 15.5. The molecule has 8 heteroatoms. The number of aromatic nitrogens is 2. The smallest absolute Gasteiger partial charge is 0.229 e. The lowest BCUT2D eigenvalue weighted by molar-refractivity contribution is -0.120. The van der Waals surface area contributed by atoms with Gasteiger partial charge in [0.15, 0.2) is 5.82 Å². The van der Waals surface area contributed by atoms with Crippen molar-refractivity contribution in [3.8, 4) is 11.5 Å². The summed E-state index contributed by atoms with van der Waals surface area (Å²) in [5, 5.41) is 3.87. The number of rotatable bonds is 7. The Balaban J connectivity index is 1.48. The van der Waals surface area contributed by atoms with E-state index in [1.54, 1.807) is 56.6 Å². The Morgan fingerprint density at radius 3 is 2.69 bits per heavy atom. The van der Waals surface area contributed by atoms with Crippen molar-refractivity contribution in [2.75, 3.05) is 37.5 Å². The van der Waals surface area contributed by atoms with E-state index in [9.17, 15) is 4.79 Å². The lowest BCUT2D eigenvalue weighted by atomic mass is 9.97. The summed E-state index contributed by atoms with van der Waals surface area (Å²) in [4.78, 5) is 25.5. The molecule has 4 rings (SSSR count). The van der Waals surface area contributed by atoms with Gasteiger partial charge < -0.3 is 19.7 Å². The summed E-state index contributed by atoms with van der Waals surface area (Å²) >= 11 is 1.58. The van der Waals surface area contributed by atoms with Crippen molar-refractivity contribution in [1.29, 1.82) is 0 Å². The molecule has 3 aromatic rings. The molecular formula is C24H26N4O3S. The Morgan fingerprint density at radius 1 is 1.09 bits per heavy atom. The van der Waals surface area contributed by atoms with Crippen LogP contribution in [0, 0.1) is 5.92 Å². The van der Waals surface area contributed by atoms with Crippen molar-refractivity contribution in [2.45, 2.75) is 22.8 Å². The van der Waals surface area contributed by atoms with E-state index < -0.39 is 0 Å². The molecule has 1 N–H and O–H groups in total. The van der Waals surface area contributed by atoms with Gasteiger partial charge in [0, 0.05) is 36.4 Å². The first-order chi connectivity index (χ1) is 15.7. The Kier molecular flexibility index (Phi) is 7.11. The minimum atomic E-state index is -0.160. The van der Waals surface area contributed by atoms with Gasteiger partial charge in [-0.2, -0.15) is 0 Å². The molecule has 0 radical (unpaired) electrons. The van der Waals surface area contributed by atoms with Gasteiger partial charge in [-0.05, 0) is 37.1 Å². The lowest BCUT2D eigenvalue weighted by Gasteiger charge is -2.33. The number of nitrogens with one attached hydrogen (secondary N) is 1. The van der Waals surface area contributed by atoms with Gasteiger partial charge in [0.1, 0.15) is 16.5 Å². The van der Waals surface area contributed by atoms with Crippen molar-refractivity contribution in [3.63, 3.8) is 0 Å². The Labute approximate surface area is 192 Å². The first-order valence-electron chi connectivity index (χ1n) is 10.5. The van der Waals surface area contributed by atoms with Gasteiger partial charge in [-0.15, -0.1) is 0 Å². The number of hydrogen-bond acceptors (Lipinski definition) is 7. The Morgan fingerprint density at radius 2 is 1.91 bits per heavy atom. The topological polar surface area (TPSA) is 76.6 Å². The number of methoxy groups -OCH3 is 2. The van der Waals surface area contributed by atoms with Gasteiger partial charge in [-0.1, -0.05) is 30.0 Å². The van der Waals surface area contributed by atoms with E-state index in [0.717, 1.165) is 35.1 Å². The third-order valence-electron chi connectivity index (χ3n) is 5.36. The molecule has 7 nitrogen and oxygen atoms in total. The molecular weight excluding hydrogens is 424 g/mol. The molecule has 1 aromatic heterocycles. The maximum atomic E-state index is 13.1. The van der Waals surface area contributed by atoms with Crippen LogP contribution >= 0.6 is 11.8 Å². The summed E-state index contributed by atoms with van der Waals surface area (Å²) in [6.07, 6.45) is 5.14. The zero-order valence-electron chi connectivity index (χ0n) is 18.2. The third-order valence-corrected chi connectivity index (χ3v) is 6.35. The fraction of sp³-hybridized carbons (Fsp3) is 0.292. The number of benzene rings is 2. The number of anilines is 2. The summed E-state index contributed by atoms with van der Waals surface area (Å²) < 4.78 is 10.6. The molecule has 1 fully saturated rings. The van der Waals surface area contributed by atoms with Crippen LogP contribution < -0.4 is 19.7 Å². The molecule has 32 heavy (non-hydrogen) atoms. The second kappa shape index (κ2) is 10.4. The highest BCUT2D eigenvalue weighted by molar-refractivity contribution is 7.99. The van der Waals surface area contributed by atoms with Gasteiger partial charge in [-0.3, -0.25) is 4.79 Å². The van der Waals surface area contributed by atoms with Crippen LogP contribution in [0.25, 0.3) is 0 Å². The van der Waals surface area contributed by atoms with E-state index in [1.807, 2.05) is 18.2 Å². The van der Waals surface area contributed by atoms with E-state index >= 15 is 0 Å². The van der Waals surface area contributed by atoms with Gasteiger partial charge >= 0.3 is 0 Å². The van der Waals surface area contributed by atoms with Crippen LogP contribution in [-0.4, -0.2) is 43.2 Å². The molecule has 2 aromatic carbocycles. The quantitative estimate of drug-likeness (QED) is 0.568. The first-order valence-corrected chi connectivity index (χ1v) is 11.3. The van der Waals surface area contributed by atoms with Gasteiger partial charge in [-0.25, -0.2) is 9.97 Å². The van der Waals surface area contributed by atoms with Crippen LogP contribution in [0.4, 0.5) is 11.5 Å². The molecule has 1 unspecified atom stereocenters. The Hall–Kier alpha value is -3.26. The number of carbonyl (C=O) groups is 1. The van der Waals surface area contributed by atoms with E-state index in [2.05, 4.69) is 32.3 Å². The highest BCUT2D eigenvalue weighted by Crippen LogP contribution is 2.34. The molecule has 0 spiro atoms. The van der Waals surface area contributed by atoms with Crippen LogP contribution in [0.1, 0.15) is 12.8 Å². The first kappa shape index (κ1) is 22.0. The predicted molar refractivity (Wildman–Crippen MR) is 126 cm³/mol. The van der Waals surface area contributed by atoms with Crippen LogP contribution in [0.2, 0.25) is 0 Å². The average Bonchev–Trinajstić information content (AvgIpc) is 2.85. The Bertz CT molecular complexity index is 1060. The normalized spacial score (nSPS) is 15.8. The van der Waals surface area contributed by atoms with Gasteiger partial charge in [0.2, 0.25) is 5.91 Å². The largest absolute Gasteiger partial charge is 0.497 e. The molecule has 0 bridgehead atoms. The van der Waals surface area contributed by atoms with Gasteiger partial charge in [0.05, 0.1) is 25.8 Å². The van der Waals surface area contributed by atoms with Crippen LogP contribution in [0.5, 0.6) is 11.5 Å². The van der Waals surface area contributed by atoms with Gasteiger partial charge in [0.25, 0.3) is 0 Å². The van der Waals surface area contributed by atoms with Crippen molar-refractivity contribution in [2.24, 2.45) is 5.92 Å². The summed E-state index contributed by atoms with van der Waals surface area (Å²) in [5.74, 6) is 1.88. The number of nitrogens with zero attached hydrogens (tertiary/aromatic N) is 3. The minimum absolute atomic E-state index is 0.0284. The third kappa shape index (κ3) is 5.13. The molecule has 1 aliphatic heterocycles. The molecule has 1 atom stereocenters. The highest BCUT2D eigenvalue weighted by atomic mass is 32.2. The average molecular weight is 451 g/mol. The minimum Gasteiger partial charge on any atom is -0.497 e. The SMILES string of the molecule is COc1ccc(NC(=O)C2CCCN(c3nccnc3Sc3ccccc3)C2)c(OC)c1. The van der Waals surface area contributed by atoms with Crippen LogP contribution in [0.3, 0.4) is 0 Å². The van der Waals surface area contributed by atoms with Crippen LogP contribution in [0.15, 0.2) is 70.8 Å². The second-order valence-corrected chi connectivity index (χ2v) is 8.50. The number of hydrogen-bond donors (Lipinski definition) is 1. The van der Waals surface area contributed by atoms with E-state index in [-0.39, 0.29) is 11.8 Å². The number of ether oxygens (including phenoxy) is 2. The molecule has 0 saturated carbocycles. The predicted octanol–water partition coefficient (Wildman–Crippen LogP) is 4.50. The van der Waals surface area contributed by atoms with Crippen LogP contribution in [-0.2, 0) is 4.79 Å². The summed E-state index contributed by atoms with van der Waals surface area (Å²) in [7, 11) is 3.17. The van der Waals surface area contributed by atoms with E-state index in [1.165, 1.54) is 0 Å². The zero-order chi connectivity index (χ0) is 22.3. The lowest BCUT2D eigenvalue weighted by Crippen LogP contribution is -2.41. The molecule has 2 heterocycles. The number of piperidine rings is 1. The van der Waals surface area contributed by atoms with E-state index in [0.29, 0.717) is 23.7 Å². The fourth-order valence-electron chi connectivity index (χ4n) is 3.73. The molecule has 166 valence electrons. The molecule has 1 amide bonds. The standard InChI is InChI=1S/C24H26N4O3S/c1-30-18-10-11-20(21(15-18)31-2)27-23(29)17-7-6-14-28(16-17)22-24(26-13-12-25-22)32-19-8-4-3-5-9-19/h3-5,8-13,15,17H,6-7,14,16H2,1-2H3,(H,27,29).